The van der Waals surface area contributed by atoms with Crippen LogP contribution in [0.15, 0.2) is 54.5 Å². The van der Waals surface area contributed by atoms with Gasteiger partial charge in [0.2, 0.25) is 5.76 Å². The number of benzene rings is 2. The molecule has 0 amide bonds. The number of hydrogen-bond donors (Lipinski definition) is 2. The van der Waals surface area contributed by atoms with Crippen molar-refractivity contribution in [2.75, 3.05) is 26.3 Å². The number of carbonyl (C=O) groups is 1. The summed E-state index contributed by atoms with van der Waals surface area (Å²) in [6, 6.07) is 12.2. The fourth-order valence-corrected chi connectivity index (χ4v) is 2.82. The normalized spacial score (nSPS) is 13.4. The monoisotopic (exact) mass is 419 g/mol. The summed E-state index contributed by atoms with van der Waals surface area (Å²) in [7, 11) is 0. The first kappa shape index (κ1) is 21.0. The van der Waals surface area contributed by atoms with Gasteiger partial charge in [-0.3, -0.25) is 0 Å². The second kappa shape index (κ2) is 10.2. The Labute approximate surface area is 173 Å². The predicted octanol–water partition coefficient (Wildman–Crippen LogP) is 3.22. The van der Waals surface area contributed by atoms with Gasteiger partial charge in [-0.2, -0.15) is 0 Å². The molecule has 0 radical (unpaired) electrons. The van der Waals surface area contributed by atoms with Crippen molar-refractivity contribution in [3.8, 4) is 17.2 Å². The lowest BCUT2D eigenvalue weighted by Crippen LogP contribution is -2.26. The molecule has 29 heavy (non-hydrogen) atoms. The molecule has 0 fully saturated rings. The number of carbonyl (C=O) groups excluding carboxylic acids is 1. The van der Waals surface area contributed by atoms with Gasteiger partial charge in [0.1, 0.15) is 18.6 Å². The van der Waals surface area contributed by atoms with E-state index in [0.717, 1.165) is 5.56 Å². The number of halogens is 1. The van der Waals surface area contributed by atoms with E-state index >= 15 is 0 Å². The van der Waals surface area contributed by atoms with Gasteiger partial charge in [0.25, 0.3) is 0 Å². The van der Waals surface area contributed by atoms with E-state index in [1.54, 1.807) is 43.3 Å². The average molecular weight is 420 g/mol. The van der Waals surface area contributed by atoms with Crippen molar-refractivity contribution in [1.29, 1.82) is 0 Å². The molecular formula is C21H22ClNO6. The van der Waals surface area contributed by atoms with Gasteiger partial charge in [0, 0.05) is 24.2 Å². The molecule has 0 saturated heterocycles. The smallest absolute Gasteiger partial charge is 0.377 e. The fraction of sp³-hybridized carbons (Fsp3) is 0.286. The van der Waals surface area contributed by atoms with Crippen molar-refractivity contribution in [1.82, 2.24) is 5.32 Å². The van der Waals surface area contributed by atoms with Crippen LogP contribution < -0.4 is 19.5 Å². The second-order valence-electron chi connectivity index (χ2n) is 6.15. The summed E-state index contributed by atoms with van der Waals surface area (Å²) in [5, 5.41) is 13.9. The molecule has 0 bridgehead atoms. The maximum Gasteiger partial charge on any atom is 0.377 e. The van der Waals surface area contributed by atoms with E-state index in [-0.39, 0.29) is 12.4 Å². The third-order valence-electron chi connectivity index (χ3n) is 4.02. The van der Waals surface area contributed by atoms with Crippen LogP contribution >= 0.6 is 11.6 Å². The summed E-state index contributed by atoms with van der Waals surface area (Å²) in [4.78, 5) is 11.7. The lowest BCUT2D eigenvalue weighted by atomic mass is 10.1. The average Bonchev–Trinajstić information content (AvgIpc) is 2.73. The van der Waals surface area contributed by atoms with Crippen molar-refractivity contribution >= 4 is 17.6 Å². The number of ether oxygens (including phenoxy) is 4. The van der Waals surface area contributed by atoms with E-state index < -0.39 is 12.1 Å². The van der Waals surface area contributed by atoms with Crippen molar-refractivity contribution in [3.63, 3.8) is 0 Å². The standard InChI is InChI=1S/C21H22ClNO6/c1-2-26-21(25)20-13-28-19-11-16(6-7-18(19)29-20)27-9-8-23-12-17(24)14-4-3-5-15(22)10-14/h3-7,10-11,13,17,23-24H,2,8-9,12H2,1H3. The number of aliphatic hydroxyl groups is 1. The molecule has 1 unspecified atom stereocenters. The second-order valence-corrected chi connectivity index (χ2v) is 6.59. The van der Waals surface area contributed by atoms with Crippen molar-refractivity contribution in [2.45, 2.75) is 13.0 Å². The van der Waals surface area contributed by atoms with Crippen LogP contribution in [0.25, 0.3) is 0 Å². The molecule has 1 aliphatic rings. The Bertz CT molecular complexity index is 885. The number of fused-ring (bicyclic) bond motifs is 1. The van der Waals surface area contributed by atoms with Crippen LogP contribution in [0.5, 0.6) is 17.2 Å². The number of nitrogens with one attached hydrogen (secondary N) is 1. The molecule has 0 aromatic heterocycles. The van der Waals surface area contributed by atoms with Gasteiger partial charge < -0.3 is 29.4 Å². The number of rotatable bonds is 9. The fourth-order valence-electron chi connectivity index (χ4n) is 2.62. The minimum absolute atomic E-state index is 0.00419. The maximum absolute atomic E-state index is 11.7. The maximum atomic E-state index is 11.7. The lowest BCUT2D eigenvalue weighted by molar-refractivity contribution is -0.141. The Kier molecular flexibility index (Phi) is 7.35. The Morgan fingerprint density at radius 3 is 2.90 bits per heavy atom. The van der Waals surface area contributed by atoms with E-state index in [1.165, 1.54) is 6.26 Å². The third kappa shape index (κ3) is 5.87. The highest BCUT2D eigenvalue weighted by Crippen LogP contribution is 2.35. The Balaban J connectivity index is 1.42. The summed E-state index contributed by atoms with van der Waals surface area (Å²) >= 11 is 5.93. The summed E-state index contributed by atoms with van der Waals surface area (Å²) in [5.74, 6) is 0.864. The molecule has 2 aromatic rings. The molecule has 1 aliphatic heterocycles. The molecule has 154 valence electrons. The molecule has 1 heterocycles. The van der Waals surface area contributed by atoms with Gasteiger partial charge in [-0.1, -0.05) is 23.7 Å². The van der Waals surface area contributed by atoms with Crippen LogP contribution in [-0.2, 0) is 9.53 Å². The van der Waals surface area contributed by atoms with E-state index in [0.29, 0.717) is 42.0 Å². The Morgan fingerprint density at radius 2 is 2.10 bits per heavy atom. The largest absolute Gasteiger partial charge is 0.492 e. The van der Waals surface area contributed by atoms with Crippen molar-refractivity contribution in [2.24, 2.45) is 0 Å². The SMILES string of the molecule is CCOC(=O)C1=COc2cc(OCCNCC(O)c3cccc(Cl)c3)ccc2O1. The molecule has 3 rings (SSSR count). The molecule has 1 atom stereocenters. The first-order valence-corrected chi connectivity index (χ1v) is 9.57. The minimum Gasteiger partial charge on any atom is -0.492 e. The van der Waals surface area contributed by atoms with Crippen molar-refractivity contribution < 1.29 is 28.8 Å². The molecule has 0 saturated carbocycles. The highest BCUT2D eigenvalue weighted by atomic mass is 35.5. The van der Waals surface area contributed by atoms with Gasteiger partial charge in [-0.05, 0) is 36.8 Å². The summed E-state index contributed by atoms with van der Waals surface area (Å²) < 4.78 is 21.5. The highest BCUT2D eigenvalue weighted by Gasteiger charge is 2.21. The van der Waals surface area contributed by atoms with Gasteiger partial charge in [0.15, 0.2) is 11.5 Å². The molecule has 2 N–H and O–H groups in total. The molecule has 0 spiro atoms. The van der Waals surface area contributed by atoms with Gasteiger partial charge in [-0.15, -0.1) is 0 Å². The molecule has 7 nitrogen and oxygen atoms in total. The van der Waals surface area contributed by atoms with E-state index in [1.807, 2.05) is 6.07 Å². The minimum atomic E-state index is -0.650. The molecule has 2 aromatic carbocycles. The van der Waals surface area contributed by atoms with Gasteiger partial charge >= 0.3 is 5.97 Å². The van der Waals surface area contributed by atoms with Crippen LogP contribution in [0.1, 0.15) is 18.6 Å². The summed E-state index contributed by atoms with van der Waals surface area (Å²) in [6.07, 6.45) is 0.562. The van der Waals surface area contributed by atoms with Crippen molar-refractivity contribution in [3.05, 3.63) is 65.1 Å². The van der Waals surface area contributed by atoms with Crippen LogP contribution in [0.3, 0.4) is 0 Å². The number of aliphatic hydroxyl groups excluding tert-OH is 1. The zero-order chi connectivity index (χ0) is 20.6. The predicted molar refractivity (Wildman–Crippen MR) is 107 cm³/mol. The first-order valence-electron chi connectivity index (χ1n) is 9.19. The number of hydrogen-bond acceptors (Lipinski definition) is 7. The molecule has 0 aliphatic carbocycles. The zero-order valence-corrected chi connectivity index (χ0v) is 16.6. The van der Waals surface area contributed by atoms with Crippen LogP contribution in [0.2, 0.25) is 5.02 Å². The van der Waals surface area contributed by atoms with Crippen LogP contribution in [0, 0.1) is 0 Å². The molecule has 8 heteroatoms. The summed E-state index contributed by atoms with van der Waals surface area (Å²) in [5.41, 5.74) is 0.757. The zero-order valence-electron chi connectivity index (χ0n) is 15.9. The molecular weight excluding hydrogens is 398 g/mol. The summed E-state index contributed by atoms with van der Waals surface area (Å²) in [6.45, 7) is 3.28. The number of esters is 1. The lowest BCUT2D eigenvalue weighted by Gasteiger charge is -2.18. The first-order chi connectivity index (χ1) is 14.1. The van der Waals surface area contributed by atoms with Gasteiger partial charge in [0.05, 0.1) is 12.7 Å². The van der Waals surface area contributed by atoms with Gasteiger partial charge in [-0.25, -0.2) is 4.79 Å². The van der Waals surface area contributed by atoms with Crippen LogP contribution in [0.4, 0.5) is 0 Å². The third-order valence-corrected chi connectivity index (χ3v) is 4.26. The van der Waals surface area contributed by atoms with E-state index in [2.05, 4.69) is 5.32 Å². The quantitative estimate of drug-likeness (QED) is 0.476. The van der Waals surface area contributed by atoms with Crippen LogP contribution in [-0.4, -0.2) is 37.4 Å². The van der Waals surface area contributed by atoms with E-state index in [4.69, 9.17) is 30.5 Å². The highest BCUT2D eigenvalue weighted by molar-refractivity contribution is 6.30. The topological polar surface area (TPSA) is 86.3 Å². The van der Waals surface area contributed by atoms with E-state index in [9.17, 15) is 9.90 Å². The Morgan fingerprint density at radius 1 is 1.24 bits per heavy atom. The Hall–Kier alpha value is -2.74.